The molecule has 21 heavy (non-hydrogen) atoms. The average molecular weight is 348 g/mol. The summed E-state index contributed by atoms with van der Waals surface area (Å²) >= 11 is 18.2. The molecule has 0 saturated heterocycles. The Morgan fingerprint density at radius 1 is 1.05 bits per heavy atom. The normalized spacial score (nSPS) is 12.4. The molecule has 112 valence electrons. The second kappa shape index (κ2) is 7.43. The smallest absolute Gasteiger partial charge is 0.126 e. The molecule has 0 heterocycles. The van der Waals surface area contributed by atoms with Gasteiger partial charge in [0.15, 0.2) is 0 Å². The zero-order chi connectivity index (χ0) is 15.4. The van der Waals surface area contributed by atoms with Gasteiger partial charge in [0.2, 0.25) is 0 Å². The molecular formula is C15H14Cl3FN2. The van der Waals surface area contributed by atoms with Gasteiger partial charge in [-0.2, -0.15) is 0 Å². The number of nitrogens with one attached hydrogen (secondary N) is 1. The zero-order valence-electron chi connectivity index (χ0n) is 11.0. The Morgan fingerprint density at radius 3 is 2.33 bits per heavy atom. The van der Waals surface area contributed by atoms with Gasteiger partial charge in [-0.25, -0.2) is 4.39 Å². The quantitative estimate of drug-likeness (QED) is 0.621. The Morgan fingerprint density at radius 2 is 1.71 bits per heavy atom. The van der Waals surface area contributed by atoms with Crippen LogP contribution in [0, 0.1) is 5.82 Å². The highest BCUT2D eigenvalue weighted by Gasteiger charge is 2.15. The minimum atomic E-state index is -0.315. The minimum Gasteiger partial charge on any atom is -0.271 e. The molecule has 6 heteroatoms. The van der Waals surface area contributed by atoms with Crippen LogP contribution in [0.2, 0.25) is 15.1 Å². The third-order valence-electron chi connectivity index (χ3n) is 3.22. The van der Waals surface area contributed by atoms with Gasteiger partial charge >= 0.3 is 0 Å². The largest absolute Gasteiger partial charge is 0.271 e. The molecule has 0 fully saturated rings. The van der Waals surface area contributed by atoms with Crippen molar-refractivity contribution < 1.29 is 4.39 Å². The predicted molar refractivity (Wildman–Crippen MR) is 86.4 cm³/mol. The molecule has 2 aromatic carbocycles. The summed E-state index contributed by atoms with van der Waals surface area (Å²) in [6, 6.07) is 9.53. The lowest BCUT2D eigenvalue weighted by atomic mass is 9.99. The van der Waals surface area contributed by atoms with Crippen LogP contribution >= 0.6 is 34.8 Å². The monoisotopic (exact) mass is 346 g/mol. The first kappa shape index (κ1) is 16.5. The molecule has 0 amide bonds. The van der Waals surface area contributed by atoms with Crippen LogP contribution in [0.3, 0.4) is 0 Å². The maximum atomic E-state index is 13.8. The van der Waals surface area contributed by atoms with Gasteiger partial charge in [-0.3, -0.25) is 11.3 Å². The molecule has 0 bridgehead atoms. The van der Waals surface area contributed by atoms with Gasteiger partial charge in [0.05, 0.1) is 0 Å². The van der Waals surface area contributed by atoms with E-state index in [0.717, 1.165) is 5.56 Å². The van der Waals surface area contributed by atoms with Crippen LogP contribution in [0.15, 0.2) is 36.4 Å². The van der Waals surface area contributed by atoms with Crippen LogP contribution in [0.25, 0.3) is 0 Å². The molecule has 2 rings (SSSR count). The summed E-state index contributed by atoms with van der Waals surface area (Å²) in [6.07, 6.45) is 0.866. The van der Waals surface area contributed by atoms with E-state index in [-0.39, 0.29) is 11.9 Å². The molecule has 0 aliphatic carbocycles. The number of halogens is 4. The second-order valence-corrected chi connectivity index (χ2v) is 5.96. The fourth-order valence-electron chi connectivity index (χ4n) is 2.13. The first-order valence-corrected chi connectivity index (χ1v) is 7.47. The SMILES string of the molecule is NNC(Cc1cc(Cl)ccc1F)Cc1c(Cl)cccc1Cl. The average Bonchev–Trinajstić information content (AvgIpc) is 2.45. The lowest BCUT2D eigenvalue weighted by Crippen LogP contribution is -2.38. The Labute approximate surface area is 138 Å². The van der Waals surface area contributed by atoms with E-state index >= 15 is 0 Å². The van der Waals surface area contributed by atoms with Crippen molar-refractivity contribution in [3.05, 3.63) is 68.4 Å². The van der Waals surface area contributed by atoms with E-state index in [4.69, 9.17) is 40.6 Å². The number of hydrogen-bond donors (Lipinski definition) is 2. The molecule has 0 radical (unpaired) electrons. The third kappa shape index (κ3) is 4.31. The van der Waals surface area contributed by atoms with Crippen molar-refractivity contribution in [2.75, 3.05) is 0 Å². The van der Waals surface area contributed by atoms with Crippen LogP contribution < -0.4 is 11.3 Å². The Bertz CT molecular complexity index is 614. The molecule has 0 aromatic heterocycles. The minimum absolute atomic E-state index is 0.213. The van der Waals surface area contributed by atoms with Crippen LogP contribution in [0.4, 0.5) is 4.39 Å². The molecule has 0 aliphatic rings. The molecule has 2 aromatic rings. The maximum absolute atomic E-state index is 13.8. The molecule has 0 saturated carbocycles. The molecular weight excluding hydrogens is 334 g/mol. The second-order valence-electron chi connectivity index (χ2n) is 4.71. The fourth-order valence-corrected chi connectivity index (χ4v) is 2.88. The topological polar surface area (TPSA) is 38.0 Å². The van der Waals surface area contributed by atoms with Crippen molar-refractivity contribution in [3.8, 4) is 0 Å². The lowest BCUT2D eigenvalue weighted by molar-refractivity contribution is 0.506. The summed E-state index contributed by atoms with van der Waals surface area (Å²) in [4.78, 5) is 0. The molecule has 0 spiro atoms. The summed E-state index contributed by atoms with van der Waals surface area (Å²) in [6.45, 7) is 0. The Hall–Kier alpha value is -0.840. The molecule has 0 aliphatic heterocycles. The number of rotatable bonds is 5. The van der Waals surface area contributed by atoms with Crippen molar-refractivity contribution in [3.63, 3.8) is 0 Å². The summed E-state index contributed by atoms with van der Waals surface area (Å²) in [7, 11) is 0. The standard InChI is InChI=1S/C15H14Cl3FN2/c16-10-4-5-15(19)9(6-10)7-11(21-20)8-12-13(17)2-1-3-14(12)18/h1-6,11,21H,7-8,20H2. The fraction of sp³-hybridized carbons (Fsp3) is 0.200. The van der Waals surface area contributed by atoms with Crippen LogP contribution in [0.1, 0.15) is 11.1 Å². The van der Waals surface area contributed by atoms with Crippen molar-refractivity contribution >= 4 is 34.8 Å². The highest BCUT2D eigenvalue weighted by atomic mass is 35.5. The highest BCUT2D eigenvalue weighted by molar-refractivity contribution is 6.36. The lowest BCUT2D eigenvalue weighted by Gasteiger charge is -2.18. The third-order valence-corrected chi connectivity index (χ3v) is 4.17. The van der Waals surface area contributed by atoms with Gasteiger partial charge in [0.25, 0.3) is 0 Å². The first-order valence-electron chi connectivity index (χ1n) is 6.34. The van der Waals surface area contributed by atoms with Crippen LogP contribution in [-0.2, 0) is 12.8 Å². The van der Waals surface area contributed by atoms with Gasteiger partial charge in [0, 0.05) is 21.1 Å². The van der Waals surface area contributed by atoms with Crippen molar-refractivity contribution in [2.45, 2.75) is 18.9 Å². The Balaban J connectivity index is 2.19. The van der Waals surface area contributed by atoms with Gasteiger partial charge in [0.1, 0.15) is 5.82 Å². The van der Waals surface area contributed by atoms with Gasteiger partial charge < -0.3 is 0 Å². The van der Waals surface area contributed by atoms with Crippen LogP contribution in [0.5, 0.6) is 0 Å². The van der Waals surface area contributed by atoms with E-state index in [9.17, 15) is 4.39 Å². The summed E-state index contributed by atoms with van der Waals surface area (Å²) in [5.41, 5.74) is 3.95. The van der Waals surface area contributed by atoms with Crippen molar-refractivity contribution in [1.29, 1.82) is 0 Å². The predicted octanol–water partition coefficient (Wildman–Crippen LogP) is 4.40. The van der Waals surface area contributed by atoms with E-state index in [2.05, 4.69) is 5.43 Å². The number of hydrogen-bond acceptors (Lipinski definition) is 2. The van der Waals surface area contributed by atoms with E-state index < -0.39 is 0 Å². The summed E-state index contributed by atoms with van der Waals surface area (Å²) in [5.74, 6) is 5.25. The highest BCUT2D eigenvalue weighted by Crippen LogP contribution is 2.26. The number of nitrogens with two attached hydrogens (primary N) is 1. The van der Waals surface area contributed by atoms with Gasteiger partial charge in [-0.1, -0.05) is 40.9 Å². The maximum Gasteiger partial charge on any atom is 0.126 e. The Kier molecular flexibility index (Phi) is 5.85. The van der Waals surface area contributed by atoms with E-state index in [1.54, 1.807) is 24.3 Å². The molecule has 2 nitrogen and oxygen atoms in total. The first-order chi connectivity index (χ1) is 10.0. The van der Waals surface area contributed by atoms with E-state index in [0.29, 0.717) is 33.5 Å². The van der Waals surface area contributed by atoms with Crippen LogP contribution in [-0.4, -0.2) is 6.04 Å². The molecule has 1 unspecified atom stereocenters. The molecule has 1 atom stereocenters. The van der Waals surface area contributed by atoms with Crippen molar-refractivity contribution in [1.82, 2.24) is 5.43 Å². The number of benzene rings is 2. The number of hydrazine groups is 1. The van der Waals surface area contributed by atoms with Crippen molar-refractivity contribution in [2.24, 2.45) is 5.84 Å². The summed E-state index contributed by atoms with van der Waals surface area (Å²) < 4.78 is 13.8. The summed E-state index contributed by atoms with van der Waals surface area (Å²) in [5, 5.41) is 1.61. The zero-order valence-corrected chi connectivity index (χ0v) is 13.3. The van der Waals surface area contributed by atoms with E-state index in [1.807, 2.05) is 0 Å². The van der Waals surface area contributed by atoms with E-state index in [1.165, 1.54) is 12.1 Å². The van der Waals surface area contributed by atoms with Gasteiger partial charge in [-0.15, -0.1) is 0 Å². The van der Waals surface area contributed by atoms with Gasteiger partial charge in [-0.05, 0) is 54.3 Å². The molecule has 3 N–H and O–H groups in total.